The first kappa shape index (κ1) is 20.6. The van der Waals surface area contributed by atoms with Crippen LogP contribution in [-0.4, -0.2) is 46.0 Å². The van der Waals surface area contributed by atoms with E-state index in [0.29, 0.717) is 29.8 Å². The Morgan fingerprint density at radius 1 is 0.931 bits per heavy atom. The number of hydrogen-bond donors (Lipinski definition) is 2. The molecule has 0 unspecified atom stereocenters. The Kier molecular flexibility index (Phi) is 6.66. The SMILES string of the molecule is O=C(O)CCC(=O)Nc1ccc(SCCCN2C(=O)c3ccccc3C2=O)cc1. The largest absolute Gasteiger partial charge is 0.481 e. The van der Waals surface area contributed by atoms with Gasteiger partial charge in [0.2, 0.25) is 5.91 Å². The number of anilines is 1. The number of carbonyl (C=O) groups excluding carboxylic acids is 3. The van der Waals surface area contributed by atoms with Crippen molar-refractivity contribution >= 4 is 41.1 Å². The molecule has 0 aliphatic carbocycles. The van der Waals surface area contributed by atoms with Crippen molar-refractivity contribution in [2.45, 2.75) is 24.2 Å². The van der Waals surface area contributed by atoms with Crippen LogP contribution in [0.1, 0.15) is 40.0 Å². The monoisotopic (exact) mass is 412 g/mol. The van der Waals surface area contributed by atoms with Gasteiger partial charge in [-0.1, -0.05) is 12.1 Å². The minimum atomic E-state index is -1.01. The number of carboxylic acids is 1. The van der Waals surface area contributed by atoms with Crippen molar-refractivity contribution in [3.05, 3.63) is 59.7 Å². The quantitative estimate of drug-likeness (QED) is 0.372. The molecule has 1 heterocycles. The molecular formula is C21H20N2O5S. The zero-order valence-corrected chi connectivity index (χ0v) is 16.4. The maximum atomic E-state index is 12.3. The van der Waals surface area contributed by atoms with Crippen LogP contribution in [-0.2, 0) is 9.59 Å². The molecule has 2 aromatic rings. The number of amides is 3. The van der Waals surface area contributed by atoms with E-state index in [1.54, 1.807) is 48.2 Å². The summed E-state index contributed by atoms with van der Waals surface area (Å²) in [5, 5.41) is 11.2. The number of benzene rings is 2. The normalized spacial score (nSPS) is 12.8. The maximum Gasteiger partial charge on any atom is 0.303 e. The van der Waals surface area contributed by atoms with Crippen LogP contribution in [0.25, 0.3) is 0 Å². The fourth-order valence-corrected chi connectivity index (χ4v) is 3.77. The van der Waals surface area contributed by atoms with E-state index in [9.17, 15) is 19.2 Å². The Balaban J connectivity index is 1.42. The van der Waals surface area contributed by atoms with E-state index in [1.165, 1.54) is 4.90 Å². The maximum absolute atomic E-state index is 12.3. The first-order valence-corrected chi connectivity index (χ1v) is 10.1. The van der Waals surface area contributed by atoms with Gasteiger partial charge in [-0.15, -0.1) is 11.8 Å². The predicted molar refractivity (Wildman–Crippen MR) is 109 cm³/mol. The Bertz CT molecular complexity index is 907. The average molecular weight is 412 g/mol. The predicted octanol–water partition coefficient (Wildman–Crippen LogP) is 3.27. The number of thioether (sulfide) groups is 1. The molecule has 0 spiro atoms. The zero-order valence-electron chi connectivity index (χ0n) is 15.6. The van der Waals surface area contributed by atoms with E-state index in [2.05, 4.69) is 5.32 Å². The third-order valence-corrected chi connectivity index (χ3v) is 5.48. The van der Waals surface area contributed by atoms with E-state index in [0.717, 1.165) is 10.6 Å². The molecular weight excluding hydrogens is 392 g/mol. The number of imide groups is 1. The smallest absolute Gasteiger partial charge is 0.303 e. The van der Waals surface area contributed by atoms with Crippen molar-refractivity contribution in [2.75, 3.05) is 17.6 Å². The topological polar surface area (TPSA) is 104 Å². The first-order valence-electron chi connectivity index (χ1n) is 9.15. The van der Waals surface area contributed by atoms with E-state index in [-0.39, 0.29) is 30.6 Å². The lowest BCUT2D eigenvalue weighted by Crippen LogP contribution is -2.30. The molecule has 150 valence electrons. The lowest BCUT2D eigenvalue weighted by molar-refractivity contribution is -0.138. The molecule has 0 saturated heterocycles. The van der Waals surface area contributed by atoms with Crippen molar-refractivity contribution in [1.82, 2.24) is 4.90 Å². The van der Waals surface area contributed by atoms with E-state index in [1.807, 2.05) is 12.1 Å². The van der Waals surface area contributed by atoms with Crippen LogP contribution in [0.2, 0.25) is 0 Å². The fraction of sp³-hybridized carbons (Fsp3) is 0.238. The third-order valence-electron chi connectivity index (χ3n) is 4.38. The van der Waals surface area contributed by atoms with Gasteiger partial charge in [0.15, 0.2) is 0 Å². The summed E-state index contributed by atoms with van der Waals surface area (Å²) in [4.78, 5) is 49.0. The standard InChI is InChI=1S/C21H20N2O5S/c24-18(10-11-19(25)26)22-14-6-8-15(9-7-14)29-13-3-12-23-20(27)16-4-1-2-5-17(16)21(23)28/h1-2,4-9H,3,10-13H2,(H,22,24)(H,25,26). The fourth-order valence-electron chi connectivity index (χ4n) is 2.93. The molecule has 0 aromatic heterocycles. The summed E-state index contributed by atoms with van der Waals surface area (Å²) in [6.45, 7) is 0.372. The molecule has 2 N–H and O–H groups in total. The van der Waals surface area contributed by atoms with Gasteiger partial charge >= 0.3 is 5.97 Å². The highest BCUT2D eigenvalue weighted by Gasteiger charge is 2.34. The summed E-state index contributed by atoms with van der Waals surface area (Å²) in [5.74, 6) is -1.09. The Hall–Kier alpha value is -3.13. The van der Waals surface area contributed by atoms with Gasteiger partial charge in [0, 0.05) is 23.5 Å². The van der Waals surface area contributed by atoms with Crippen molar-refractivity contribution in [1.29, 1.82) is 0 Å². The summed E-state index contributed by atoms with van der Waals surface area (Å²) in [6.07, 6.45) is 0.403. The molecule has 0 fully saturated rings. The van der Waals surface area contributed by atoms with Crippen molar-refractivity contribution in [2.24, 2.45) is 0 Å². The van der Waals surface area contributed by atoms with Gasteiger partial charge in [-0.25, -0.2) is 0 Å². The molecule has 3 amide bonds. The molecule has 29 heavy (non-hydrogen) atoms. The van der Waals surface area contributed by atoms with Crippen molar-refractivity contribution < 1.29 is 24.3 Å². The number of hydrogen-bond acceptors (Lipinski definition) is 5. The van der Waals surface area contributed by atoms with Gasteiger partial charge in [0.25, 0.3) is 11.8 Å². The molecule has 8 heteroatoms. The second kappa shape index (κ2) is 9.38. The number of fused-ring (bicyclic) bond motifs is 1. The molecule has 7 nitrogen and oxygen atoms in total. The Labute approximate surface area is 172 Å². The van der Waals surface area contributed by atoms with Gasteiger partial charge in [-0.3, -0.25) is 24.1 Å². The van der Waals surface area contributed by atoms with Crippen molar-refractivity contribution in [3.63, 3.8) is 0 Å². The number of nitrogens with one attached hydrogen (secondary N) is 1. The van der Waals surface area contributed by atoms with E-state index >= 15 is 0 Å². The molecule has 0 radical (unpaired) electrons. The lowest BCUT2D eigenvalue weighted by atomic mass is 10.1. The third kappa shape index (κ3) is 5.23. The molecule has 3 rings (SSSR count). The minimum absolute atomic E-state index is 0.0658. The lowest BCUT2D eigenvalue weighted by Gasteiger charge is -2.13. The van der Waals surface area contributed by atoms with Gasteiger partial charge in [-0.05, 0) is 48.6 Å². The van der Waals surface area contributed by atoms with E-state index in [4.69, 9.17) is 5.11 Å². The van der Waals surface area contributed by atoms with Gasteiger partial charge in [0.1, 0.15) is 0 Å². The average Bonchev–Trinajstić information content (AvgIpc) is 2.96. The highest BCUT2D eigenvalue weighted by Crippen LogP contribution is 2.24. The van der Waals surface area contributed by atoms with Crippen LogP contribution in [0.5, 0.6) is 0 Å². The molecule has 0 atom stereocenters. The van der Waals surface area contributed by atoms with Crippen LogP contribution in [0.3, 0.4) is 0 Å². The van der Waals surface area contributed by atoms with Crippen molar-refractivity contribution in [3.8, 4) is 0 Å². The highest BCUT2D eigenvalue weighted by molar-refractivity contribution is 7.99. The second-order valence-electron chi connectivity index (χ2n) is 6.48. The summed E-state index contributed by atoms with van der Waals surface area (Å²) >= 11 is 1.59. The molecule has 1 aliphatic rings. The number of carbonyl (C=O) groups is 4. The number of aliphatic carboxylic acids is 1. The molecule has 1 aliphatic heterocycles. The van der Waals surface area contributed by atoms with Gasteiger partial charge in [0.05, 0.1) is 17.5 Å². The summed E-state index contributed by atoms with van der Waals surface area (Å²) in [5.41, 5.74) is 1.54. The summed E-state index contributed by atoms with van der Waals surface area (Å²) < 4.78 is 0. The van der Waals surface area contributed by atoms with Gasteiger partial charge < -0.3 is 10.4 Å². The molecule has 0 saturated carbocycles. The Morgan fingerprint density at radius 3 is 2.14 bits per heavy atom. The van der Waals surface area contributed by atoms with Crippen LogP contribution in [0, 0.1) is 0 Å². The number of rotatable bonds is 9. The summed E-state index contributed by atoms with van der Waals surface area (Å²) in [7, 11) is 0. The minimum Gasteiger partial charge on any atom is -0.481 e. The summed E-state index contributed by atoms with van der Waals surface area (Å²) in [6, 6.07) is 14.1. The number of nitrogens with zero attached hydrogens (tertiary/aromatic N) is 1. The zero-order chi connectivity index (χ0) is 20.8. The van der Waals surface area contributed by atoms with Crippen LogP contribution in [0.15, 0.2) is 53.4 Å². The second-order valence-corrected chi connectivity index (χ2v) is 7.64. The Morgan fingerprint density at radius 2 is 1.55 bits per heavy atom. The molecule has 2 aromatic carbocycles. The highest BCUT2D eigenvalue weighted by atomic mass is 32.2. The van der Waals surface area contributed by atoms with E-state index < -0.39 is 5.97 Å². The molecule has 0 bridgehead atoms. The number of carboxylic acid groups (broad SMARTS) is 1. The first-order chi connectivity index (χ1) is 14.0. The van der Waals surface area contributed by atoms with Crippen LogP contribution >= 0.6 is 11.8 Å². The van der Waals surface area contributed by atoms with Gasteiger partial charge in [-0.2, -0.15) is 0 Å². The van der Waals surface area contributed by atoms with Crippen LogP contribution < -0.4 is 5.32 Å². The van der Waals surface area contributed by atoms with Crippen LogP contribution in [0.4, 0.5) is 5.69 Å².